The van der Waals surface area contributed by atoms with Gasteiger partial charge in [0.15, 0.2) is 6.10 Å². The largest absolute Gasteiger partial charge is 0.495 e. The summed E-state index contributed by atoms with van der Waals surface area (Å²) in [6, 6.07) is 12.9. The maximum atomic E-state index is 14.1. The number of methoxy groups -OCH3 is 1. The maximum absolute atomic E-state index is 14.1. The number of cyclic esters (lactones) is 2. The highest BCUT2D eigenvalue weighted by Gasteiger charge is 2.40. The molecule has 2 aliphatic rings. The monoisotopic (exact) mass is 897 g/mol. The summed E-state index contributed by atoms with van der Waals surface area (Å²) in [4.78, 5) is 93.3. The Hall–Kier alpha value is -5.21. The van der Waals surface area contributed by atoms with E-state index in [-0.39, 0.29) is 56.5 Å². The van der Waals surface area contributed by atoms with Crippen LogP contribution >= 0.6 is 23.2 Å². The molecule has 62 heavy (non-hydrogen) atoms. The third-order valence-corrected chi connectivity index (χ3v) is 11.4. The van der Waals surface area contributed by atoms with Crippen LogP contribution in [0.4, 0.5) is 0 Å². The van der Waals surface area contributed by atoms with Crippen molar-refractivity contribution in [1.29, 1.82) is 0 Å². The third-order valence-electron chi connectivity index (χ3n) is 10.6. The number of ether oxygens (including phenoxy) is 4. The molecule has 4 rings (SSSR count). The van der Waals surface area contributed by atoms with E-state index in [1.54, 1.807) is 63.2 Å². The fourth-order valence-corrected chi connectivity index (χ4v) is 7.58. The molecule has 0 saturated heterocycles. The molecular weight excluding hydrogens is 841 g/mol. The fourth-order valence-electron chi connectivity index (χ4n) is 6.87. The second-order valence-electron chi connectivity index (χ2n) is 16.6. The number of hydrogen-bond acceptors (Lipinski definition) is 11. The van der Waals surface area contributed by atoms with Crippen molar-refractivity contribution < 1.29 is 52.5 Å². The molecular formula is C46H57Cl2N3O11. The number of rotatable bonds is 16. The molecule has 16 heteroatoms. The summed E-state index contributed by atoms with van der Waals surface area (Å²) < 4.78 is 23.3. The predicted molar refractivity (Wildman–Crippen MR) is 232 cm³/mol. The summed E-state index contributed by atoms with van der Waals surface area (Å²) in [5, 5.41) is 4.90. The van der Waals surface area contributed by atoms with Crippen LogP contribution in [0.3, 0.4) is 0 Å². The number of nitrogens with one attached hydrogen (secondary N) is 2. The number of benzene rings is 2. The number of unbranched alkanes of at least 4 members (excludes halogenated alkanes) is 2. The molecule has 4 amide bonds. The van der Waals surface area contributed by atoms with Crippen LogP contribution in [0, 0.1) is 17.3 Å². The molecule has 14 nitrogen and oxygen atoms in total. The lowest BCUT2D eigenvalue weighted by molar-refractivity contribution is -0.181. The minimum Gasteiger partial charge on any atom is -0.495 e. The van der Waals surface area contributed by atoms with E-state index >= 15 is 0 Å². The fraction of sp³-hybridized carbons (Fsp3) is 0.500. The number of hydrogen-bond donors (Lipinski definition) is 2. The Balaban J connectivity index is 1.62. The minimum atomic E-state index is -1.33. The van der Waals surface area contributed by atoms with Crippen LogP contribution in [0.15, 0.2) is 72.8 Å². The molecule has 0 radical (unpaired) electrons. The zero-order valence-electron chi connectivity index (χ0n) is 36.0. The lowest BCUT2D eigenvalue weighted by atomic mass is 9.90. The van der Waals surface area contributed by atoms with Gasteiger partial charge in [-0.15, -0.1) is 11.6 Å². The Morgan fingerprint density at radius 1 is 0.935 bits per heavy atom. The van der Waals surface area contributed by atoms with Crippen molar-refractivity contribution in [3.05, 3.63) is 89.0 Å². The van der Waals surface area contributed by atoms with Gasteiger partial charge in [-0.2, -0.15) is 0 Å². The third kappa shape index (κ3) is 14.4. The van der Waals surface area contributed by atoms with Gasteiger partial charge in [-0.3, -0.25) is 33.7 Å². The van der Waals surface area contributed by atoms with E-state index in [2.05, 4.69) is 10.6 Å². The number of esters is 3. The highest BCUT2D eigenvalue weighted by molar-refractivity contribution is 6.32. The van der Waals surface area contributed by atoms with Crippen LogP contribution in [0.1, 0.15) is 89.6 Å². The predicted octanol–water partition coefficient (Wildman–Crippen LogP) is 6.36. The first-order chi connectivity index (χ1) is 29.4. The first-order valence-electron chi connectivity index (χ1n) is 20.8. The zero-order chi connectivity index (χ0) is 45.6. The van der Waals surface area contributed by atoms with Crippen LogP contribution in [-0.2, 0) is 54.2 Å². The van der Waals surface area contributed by atoms with E-state index in [1.807, 2.05) is 19.9 Å². The lowest BCUT2D eigenvalue weighted by Gasteiger charge is -2.34. The van der Waals surface area contributed by atoms with Crippen LogP contribution in [0.5, 0.6) is 5.75 Å². The topological polar surface area (TPSA) is 184 Å². The van der Waals surface area contributed by atoms with Crippen molar-refractivity contribution in [1.82, 2.24) is 15.5 Å². The van der Waals surface area contributed by atoms with Crippen molar-refractivity contribution in [3.8, 4) is 5.75 Å². The standard InChI is InChI=1S/C46H57Cl2N3O11/c1-28(2)24-36-44(57)60-34(29(3)42(41(48)31-14-9-7-10-15-31)62-40(55)18-11-8-12-23-51-38(53)21-22-39(51)54)16-13-17-37(52)50-33(26-30-19-20-35(59-6)32(47)25-30)43(56)49-27-46(4,5)45(58)61-36/h7,9-10,13-15,17,19-22,25,28-29,33-34,36,41-42H,8,11-12,16,18,23-24,26-27H2,1-6H3,(H,49,56)(H,50,52)/b17-13+/t29-,33+,34-,36-,41?,42?/m0/s1. The number of nitrogens with zero attached hydrogens (tertiary/aromatic N) is 1. The summed E-state index contributed by atoms with van der Waals surface area (Å²) in [7, 11) is 1.48. The van der Waals surface area contributed by atoms with Gasteiger partial charge in [0.05, 0.1) is 22.9 Å². The first kappa shape index (κ1) is 49.4. The van der Waals surface area contributed by atoms with E-state index in [0.29, 0.717) is 41.2 Å². The van der Waals surface area contributed by atoms with Crippen LogP contribution in [0.25, 0.3) is 0 Å². The van der Waals surface area contributed by atoms with Gasteiger partial charge in [0.2, 0.25) is 11.8 Å². The number of alkyl halides is 1. The number of amides is 4. The molecule has 0 saturated carbocycles. The van der Waals surface area contributed by atoms with Crippen molar-refractivity contribution in [2.45, 2.75) is 109 Å². The maximum Gasteiger partial charge on any atom is 0.347 e. The molecule has 0 aromatic heterocycles. The van der Waals surface area contributed by atoms with Gasteiger partial charge in [0.25, 0.3) is 11.8 Å². The summed E-state index contributed by atoms with van der Waals surface area (Å²) >= 11 is 13.5. The number of imide groups is 1. The van der Waals surface area contributed by atoms with E-state index in [9.17, 15) is 33.6 Å². The van der Waals surface area contributed by atoms with Crippen molar-refractivity contribution in [2.75, 3.05) is 20.2 Å². The van der Waals surface area contributed by atoms with E-state index < -0.39 is 70.8 Å². The van der Waals surface area contributed by atoms with Gasteiger partial charge in [-0.1, -0.05) is 81.3 Å². The smallest absolute Gasteiger partial charge is 0.347 e. The quantitative estimate of drug-likeness (QED) is 0.0629. The molecule has 2 aliphatic heterocycles. The van der Waals surface area contributed by atoms with E-state index in [0.717, 1.165) is 4.90 Å². The average molecular weight is 899 g/mol. The molecule has 2 unspecified atom stereocenters. The number of carbonyl (C=O) groups is 7. The van der Waals surface area contributed by atoms with Crippen LogP contribution < -0.4 is 15.4 Å². The number of carbonyl (C=O) groups excluding carboxylic acids is 7. The lowest BCUT2D eigenvalue weighted by Crippen LogP contribution is -2.51. The Kier molecular flexibility index (Phi) is 18.6. The molecule has 0 bridgehead atoms. The Bertz CT molecular complexity index is 1970. The van der Waals surface area contributed by atoms with E-state index in [1.165, 1.54) is 31.4 Å². The molecule has 2 heterocycles. The minimum absolute atomic E-state index is 0.00592. The molecule has 6 atom stereocenters. The highest BCUT2D eigenvalue weighted by Crippen LogP contribution is 2.35. The molecule has 2 aromatic carbocycles. The molecule has 2 aromatic rings. The second kappa shape index (κ2) is 23.3. The second-order valence-corrected chi connectivity index (χ2v) is 17.4. The van der Waals surface area contributed by atoms with Crippen LogP contribution in [-0.4, -0.2) is 91.0 Å². The number of halogens is 2. The Labute approximate surface area is 373 Å². The van der Waals surface area contributed by atoms with Crippen molar-refractivity contribution in [2.24, 2.45) is 17.3 Å². The average Bonchev–Trinajstić information content (AvgIpc) is 3.55. The molecule has 0 aliphatic carbocycles. The molecule has 336 valence electrons. The van der Waals surface area contributed by atoms with Crippen molar-refractivity contribution >= 4 is 64.7 Å². The van der Waals surface area contributed by atoms with Gasteiger partial charge in [-0.05, 0) is 68.4 Å². The summed E-state index contributed by atoms with van der Waals surface area (Å²) in [5.74, 6) is -4.55. The highest BCUT2D eigenvalue weighted by atomic mass is 35.5. The SMILES string of the molecule is COc1ccc(C[C@H]2NC(=O)/C=C/C[C@@H]([C@H](C)C(OC(=O)CCCCCN3C(=O)C=CC3=O)C(Cl)c3ccccc3)OC(=O)[C@H](CC(C)C)OC(=O)C(C)(C)CNC2=O)cc1Cl. The zero-order valence-corrected chi connectivity index (χ0v) is 37.5. The Morgan fingerprint density at radius 3 is 2.27 bits per heavy atom. The van der Waals surface area contributed by atoms with Gasteiger partial charge in [-0.25, -0.2) is 4.79 Å². The van der Waals surface area contributed by atoms with Gasteiger partial charge >= 0.3 is 17.9 Å². The molecule has 0 fully saturated rings. The summed E-state index contributed by atoms with van der Waals surface area (Å²) in [5.41, 5.74) is -0.0422. The summed E-state index contributed by atoms with van der Waals surface area (Å²) in [6.45, 7) is 8.61. The summed E-state index contributed by atoms with van der Waals surface area (Å²) in [6.07, 6.45) is 3.25. The normalized spacial score (nSPS) is 22.0. The van der Waals surface area contributed by atoms with Gasteiger partial charge in [0.1, 0.15) is 24.0 Å². The van der Waals surface area contributed by atoms with Gasteiger partial charge < -0.3 is 29.6 Å². The van der Waals surface area contributed by atoms with Crippen molar-refractivity contribution in [3.63, 3.8) is 0 Å². The first-order valence-corrected chi connectivity index (χ1v) is 21.6. The molecule has 2 N–H and O–H groups in total. The Morgan fingerprint density at radius 2 is 1.63 bits per heavy atom. The molecule has 0 spiro atoms. The van der Waals surface area contributed by atoms with Crippen LogP contribution in [0.2, 0.25) is 5.02 Å². The van der Waals surface area contributed by atoms with Gasteiger partial charge in [0, 0.05) is 50.4 Å². The van der Waals surface area contributed by atoms with E-state index in [4.69, 9.17) is 42.1 Å².